The summed E-state index contributed by atoms with van der Waals surface area (Å²) in [5.74, 6) is 0.478. The van der Waals surface area contributed by atoms with Crippen LogP contribution in [0.2, 0.25) is 25.7 Å². The van der Waals surface area contributed by atoms with E-state index in [0.717, 1.165) is 17.2 Å². The largest absolute Gasteiger partial charge is 0.489 e. The summed E-state index contributed by atoms with van der Waals surface area (Å²) in [5.41, 5.74) is 2.88. The van der Waals surface area contributed by atoms with Crippen molar-refractivity contribution < 1.29 is 13.9 Å². The van der Waals surface area contributed by atoms with Crippen molar-refractivity contribution in [2.45, 2.75) is 45.4 Å². The number of hydrogen-bond donors (Lipinski definition) is 1. The highest BCUT2D eigenvalue weighted by Crippen LogP contribution is 2.37. The van der Waals surface area contributed by atoms with E-state index in [9.17, 15) is 4.79 Å². The maximum absolute atomic E-state index is 16.1. The number of hydrogen-bond acceptors (Lipinski definition) is 8. The SMILES string of the molecule is C[C@H](CN(C)C)Oc1cc(-c2cnn(C)c2)cc2ncnc(Nc3ccc4c(ccc(=O)n4COCC[Si](C)(C)C)c3F)c12. The fourth-order valence-electron chi connectivity index (χ4n) is 5.08. The molecule has 3 heterocycles. The lowest BCUT2D eigenvalue weighted by molar-refractivity contribution is 0.0879. The van der Waals surface area contributed by atoms with E-state index in [1.165, 1.54) is 23.0 Å². The Hall–Kier alpha value is -4.13. The Balaban J connectivity index is 1.53. The number of rotatable bonds is 12. The number of benzene rings is 2. The summed E-state index contributed by atoms with van der Waals surface area (Å²) < 4.78 is 31.5. The number of aryl methyl sites for hydroxylation is 1. The molecule has 232 valence electrons. The number of likely N-dealkylation sites (N-methyl/N-ethyl adjacent to an activating group) is 1. The van der Waals surface area contributed by atoms with Gasteiger partial charge in [-0.3, -0.25) is 14.0 Å². The number of nitrogens with zero attached hydrogens (tertiary/aromatic N) is 6. The highest BCUT2D eigenvalue weighted by Gasteiger charge is 2.19. The molecule has 0 amide bonds. The van der Waals surface area contributed by atoms with Crippen LogP contribution in [-0.2, 0) is 18.5 Å². The summed E-state index contributed by atoms with van der Waals surface area (Å²) in [6.07, 6.45) is 5.01. The topological polar surface area (TPSA) is 99.3 Å². The minimum absolute atomic E-state index is 0.0640. The Morgan fingerprint density at radius 1 is 1.09 bits per heavy atom. The summed E-state index contributed by atoms with van der Waals surface area (Å²) in [6.45, 7) is 10.1. The molecule has 3 aromatic heterocycles. The van der Waals surface area contributed by atoms with E-state index < -0.39 is 13.9 Å². The van der Waals surface area contributed by atoms with Crippen LogP contribution >= 0.6 is 0 Å². The molecule has 0 unspecified atom stereocenters. The van der Waals surface area contributed by atoms with Gasteiger partial charge in [0, 0.05) is 51.5 Å². The Morgan fingerprint density at radius 3 is 2.59 bits per heavy atom. The van der Waals surface area contributed by atoms with Gasteiger partial charge in [0.15, 0.2) is 5.82 Å². The quantitative estimate of drug-likeness (QED) is 0.137. The van der Waals surface area contributed by atoms with Crippen molar-refractivity contribution >= 4 is 41.4 Å². The molecular formula is C32H40FN7O3Si. The molecule has 0 spiro atoms. The molecule has 1 N–H and O–H groups in total. The van der Waals surface area contributed by atoms with Crippen molar-refractivity contribution in [2.75, 3.05) is 32.6 Å². The molecule has 0 saturated carbocycles. The van der Waals surface area contributed by atoms with Crippen molar-refractivity contribution in [3.8, 4) is 16.9 Å². The smallest absolute Gasteiger partial charge is 0.252 e. The number of ether oxygens (including phenoxy) is 2. The second-order valence-electron chi connectivity index (χ2n) is 12.6. The second kappa shape index (κ2) is 12.8. The fraction of sp³-hybridized carbons (Fsp3) is 0.375. The van der Waals surface area contributed by atoms with Crippen LogP contribution in [0, 0.1) is 5.82 Å². The van der Waals surface area contributed by atoms with Gasteiger partial charge in [-0.25, -0.2) is 14.4 Å². The Bertz CT molecular complexity index is 1850. The number of fused-ring (bicyclic) bond motifs is 2. The fourth-order valence-corrected chi connectivity index (χ4v) is 5.83. The minimum atomic E-state index is -1.28. The summed E-state index contributed by atoms with van der Waals surface area (Å²) in [7, 11) is 4.56. The van der Waals surface area contributed by atoms with Crippen LogP contribution in [0.15, 0.2) is 59.9 Å². The van der Waals surface area contributed by atoms with Crippen LogP contribution in [0.1, 0.15) is 6.92 Å². The van der Waals surface area contributed by atoms with Crippen molar-refractivity contribution in [2.24, 2.45) is 7.05 Å². The minimum Gasteiger partial charge on any atom is -0.489 e. The Kier molecular flexibility index (Phi) is 9.14. The van der Waals surface area contributed by atoms with E-state index >= 15 is 4.39 Å². The molecule has 2 aromatic carbocycles. The first-order valence-corrected chi connectivity index (χ1v) is 18.4. The van der Waals surface area contributed by atoms with Gasteiger partial charge in [0.25, 0.3) is 5.56 Å². The molecule has 12 heteroatoms. The van der Waals surface area contributed by atoms with E-state index in [1.807, 2.05) is 46.4 Å². The first-order valence-electron chi connectivity index (χ1n) is 14.7. The van der Waals surface area contributed by atoms with Gasteiger partial charge in [0.05, 0.1) is 28.3 Å². The van der Waals surface area contributed by atoms with Crippen LogP contribution < -0.4 is 15.6 Å². The van der Waals surface area contributed by atoms with Crippen molar-refractivity contribution in [3.05, 3.63) is 71.3 Å². The zero-order valence-corrected chi connectivity index (χ0v) is 27.4. The first kappa shape index (κ1) is 31.3. The van der Waals surface area contributed by atoms with Crippen LogP contribution in [0.3, 0.4) is 0 Å². The third kappa shape index (κ3) is 7.15. The van der Waals surface area contributed by atoms with Gasteiger partial charge in [0.1, 0.15) is 30.7 Å². The third-order valence-corrected chi connectivity index (χ3v) is 8.97. The van der Waals surface area contributed by atoms with Crippen molar-refractivity contribution in [3.63, 3.8) is 0 Å². The van der Waals surface area contributed by atoms with Crippen molar-refractivity contribution in [1.82, 2.24) is 29.2 Å². The molecule has 0 aliphatic rings. The second-order valence-corrected chi connectivity index (χ2v) is 18.2. The van der Waals surface area contributed by atoms with Crippen LogP contribution in [0.4, 0.5) is 15.9 Å². The molecule has 0 bridgehead atoms. The monoisotopic (exact) mass is 617 g/mol. The molecule has 10 nitrogen and oxygen atoms in total. The Morgan fingerprint density at radius 2 is 1.89 bits per heavy atom. The number of halogens is 1. The molecule has 5 rings (SSSR count). The zero-order valence-electron chi connectivity index (χ0n) is 26.4. The zero-order chi connectivity index (χ0) is 31.6. The summed E-state index contributed by atoms with van der Waals surface area (Å²) in [4.78, 5) is 23.8. The maximum Gasteiger partial charge on any atom is 0.252 e. The summed E-state index contributed by atoms with van der Waals surface area (Å²) >= 11 is 0. The molecule has 0 aliphatic heterocycles. The number of pyridine rings is 1. The van der Waals surface area contributed by atoms with Gasteiger partial charge in [-0.1, -0.05) is 19.6 Å². The van der Waals surface area contributed by atoms with Crippen molar-refractivity contribution in [1.29, 1.82) is 0 Å². The summed E-state index contributed by atoms with van der Waals surface area (Å²) in [5, 5.41) is 8.42. The van der Waals surface area contributed by atoms with Gasteiger partial charge in [-0.15, -0.1) is 0 Å². The van der Waals surface area contributed by atoms with E-state index in [1.54, 1.807) is 23.0 Å². The van der Waals surface area contributed by atoms with Gasteiger partial charge < -0.3 is 19.7 Å². The first-order chi connectivity index (χ1) is 20.9. The van der Waals surface area contributed by atoms with E-state index in [0.29, 0.717) is 46.5 Å². The molecule has 0 radical (unpaired) electrons. The highest BCUT2D eigenvalue weighted by atomic mass is 28.3. The molecule has 44 heavy (non-hydrogen) atoms. The van der Waals surface area contributed by atoms with Crippen LogP contribution in [-0.4, -0.2) is 70.6 Å². The van der Waals surface area contributed by atoms with E-state index in [2.05, 4.69) is 44.9 Å². The van der Waals surface area contributed by atoms with Gasteiger partial charge >= 0.3 is 0 Å². The normalized spacial score (nSPS) is 12.8. The average molecular weight is 618 g/mol. The molecule has 5 aromatic rings. The van der Waals surface area contributed by atoms with Crippen LogP contribution in [0.25, 0.3) is 32.9 Å². The molecule has 0 aliphatic carbocycles. The predicted molar refractivity (Wildman–Crippen MR) is 176 cm³/mol. The maximum atomic E-state index is 16.1. The highest BCUT2D eigenvalue weighted by molar-refractivity contribution is 6.76. The lowest BCUT2D eigenvalue weighted by Gasteiger charge is -2.21. The van der Waals surface area contributed by atoms with Gasteiger partial charge in [-0.2, -0.15) is 5.10 Å². The number of anilines is 2. The van der Waals surface area contributed by atoms with Gasteiger partial charge in [-0.05, 0) is 63.0 Å². The molecule has 0 fully saturated rings. The molecule has 0 saturated heterocycles. The lowest BCUT2D eigenvalue weighted by atomic mass is 10.1. The third-order valence-electron chi connectivity index (χ3n) is 7.27. The predicted octanol–water partition coefficient (Wildman–Crippen LogP) is 5.87. The van der Waals surface area contributed by atoms with E-state index in [4.69, 9.17) is 9.47 Å². The van der Waals surface area contributed by atoms with Gasteiger partial charge in [0.2, 0.25) is 0 Å². The lowest BCUT2D eigenvalue weighted by Crippen LogP contribution is -2.28. The van der Waals surface area contributed by atoms with E-state index in [-0.39, 0.29) is 24.1 Å². The summed E-state index contributed by atoms with van der Waals surface area (Å²) in [6, 6.07) is 11.1. The van der Waals surface area contributed by atoms with Crippen LogP contribution in [0.5, 0.6) is 5.75 Å². The average Bonchev–Trinajstić information content (AvgIpc) is 3.38. The Labute approximate surface area is 257 Å². The standard InChI is InChI=1S/C32H40FN7O3Si/c1-21(17-38(2)3)43-28-15-22(23-16-36-39(4)18-23)14-26-30(28)32(35-19-34-26)37-25-9-10-27-24(31(25)33)8-11-29(41)40(27)20-42-12-13-44(5,6)7/h8-11,14-16,18-19,21H,12-13,17,20H2,1-7H3,(H,34,35,37)/t21-/m1/s1. The number of nitrogens with one attached hydrogen (secondary N) is 1. The number of aromatic nitrogens is 5. The molecule has 1 atom stereocenters. The molecular weight excluding hydrogens is 577 g/mol.